The van der Waals surface area contributed by atoms with Gasteiger partial charge in [0.15, 0.2) is 0 Å². The number of nitrogens with zero attached hydrogens (tertiary/aromatic N) is 2. The molecule has 0 aliphatic heterocycles. The highest BCUT2D eigenvalue weighted by molar-refractivity contribution is 6.33. The smallest absolute Gasteiger partial charge is 0.120 e. The van der Waals surface area contributed by atoms with Crippen LogP contribution < -0.4 is 4.74 Å². The number of fused-ring (bicyclic) bond motifs is 1. The molecule has 0 amide bonds. The molecule has 0 saturated heterocycles. The van der Waals surface area contributed by atoms with E-state index in [1.807, 2.05) is 34.8 Å². The Morgan fingerprint density at radius 2 is 2.05 bits per heavy atom. The second-order valence-electron chi connectivity index (χ2n) is 4.98. The number of rotatable bonds is 3. The Hall–Kier alpha value is -2.00. The van der Waals surface area contributed by atoms with Gasteiger partial charge in [0.1, 0.15) is 5.75 Å². The zero-order valence-corrected chi connectivity index (χ0v) is 13.1. The molecule has 0 aliphatic carbocycles. The number of benzene rings is 1. The van der Waals surface area contributed by atoms with Gasteiger partial charge in [0, 0.05) is 5.56 Å². The number of hydrogen-bond donors (Lipinski definition) is 0. The third-order valence-electron chi connectivity index (χ3n) is 3.79. The summed E-state index contributed by atoms with van der Waals surface area (Å²) in [6.45, 7) is 4.23. The van der Waals surface area contributed by atoms with Gasteiger partial charge in [-0.05, 0) is 49.2 Å². The first kappa shape index (κ1) is 14.0. The fraction of sp³-hybridized carbons (Fsp3) is 0.235. The summed E-state index contributed by atoms with van der Waals surface area (Å²) in [6.07, 6.45) is 0.920. The quantitative estimate of drug-likeness (QED) is 0.710. The van der Waals surface area contributed by atoms with Gasteiger partial charge in [0.2, 0.25) is 0 Å². The van der Waals surface area contributed by atoms with Crippen molar-refractivity contribution < 1.29 is 4.74 Å². The van der Waals surface area contributed by atoms with Gasteiger partial charge in [-0.15, -0.1) is 0 Å². The van der Waals surface area contributed by atoms with E-state index in [4.69, 9.17) is 21.4 Å². The average molecular weight is 301 g/mol. The average Bonchev–Trinajstić information content (AvgIpc) is 2.84. The summed E-state index contributed by atoms with van der Waals surface area (Å²) >= 11 is 6.40. The van der Waals surface area contributed by atoms with Gasteiger partial charge in [0.05, 0.1) is 29.0 Å². The molecule has 0 bridgehead atoms. The molecular weight excluding hydrogens is 284 g/mol. The number of pyridine rings is 1. The van der Waals surface area contributed by atoms with Crippen molar-refractivity contribution in [1.29, 1.82) is 0 Å². The number of ether oxygens (including phenoxy) is 1. The van der Waals surface area contributed by atoms with Crippen molar-refractivity contribution in [2.75, 3.05) is 7.11 Å². The molecule has 2 heterocycles. The number of aromatic nitrogens is 2. The topological polar surface area (TPSA) is 26.5 Å². The normalized spacial score (nSPS) is 11.0. The second-order valence-corrected chi connectivity index (χ2v) is 5.39. The number of aryl methyl sites for hydroxylation is 2. The van der Waals surface area contributed by atoms with Crippen LogP contribution in [0.2, 0.25) is 5.02 Å². The molecule has 0 fully saturated rings. The van der Waals surface area contributed by atoms with E-state index in [0.717, 1.165) is 34.6 Å². The van der Waals surface area contributed by atoms with E-state index in [0.29, 0.717) is 5.02 Å². The molecule has 3 nitrogen and oxygen atoms in total. The lowest BCUT2D eigenvalue weighted by Crippen LogP contribution is -1.95. The number of hydrogen-bond acceptors (Lipinski definition) is 2. The van der Waals surface area contributed by atoms with Crippen LogP contribution in [0.3, 0.4) is 0 Å². The zero-order valence-electron chi connectivity index (χ0n) is 12.4. The molecule has 3 aromatic rings. The highest BCUT2D eigenvalue weighted by atomic mass is 35.5. The van der Waals surface area contributed by atoms with Crippen LogP contribution in [0.25, 0.3) is 16.8 Å². The molecule has 0 atom stereocenters. The molecule has 0 N–H and O–H groups in total. The highest BCUT2D eigenvalue weighted by Crippen LogP contribution is 2.32. The molecule has 0 radical (unpaired) electrons. The molecule has 2 aromatic heterocycles. The van der Waals surface area contributed by atoms with Crippen molar-refractivity contribution in [3.63, 3.8) is 0 Å². The van der Waals surface area contributed by atoms with Crippen LogP contribution in [0.15, 0.2) is 36.4 Å². The molecule has 21 heavy (non-hydrogen) atoms. The molecule has 3 rings (SSSR count). The Balaban J connectivity index is 2.25. The molecule has 108 valence electrons. The summed E-state index contributed by atoms with van der Waals surface area (Å²) in [5, 5.41) is 5.38. The minimum atomic E-state index is 0.660. The first-order valence-corrected chi connectivity index (χ1v) is 7.34. The van der Waals surface area contributed by atoms with Crippen LogP contribution >= 0.6 is 11.6 Å². The van der Waals surface area contributed by atoms with Gasteiger partial charge in [-0.3, -0.25) is 0 Å². The Labute approximate surface area is 129 Å². The van der Waals surface area contributed by atoms with Crippen molar-refractivity contribution in [1.82, 2.24) is 9.61 Å². The van der Waals surface area contributed by atoms with E-state index in [-0.39, 0.29) is 0 Å². The third kappa shape index (κ3) is 2.28. The Morgan fingerprint density at radius 3 is 2.71 bits per heavy atom. The van der Waals surface area contributed by atoms with Crippen molar-refractivity contribution in [3.8, 4) is 17.0 Å². The summed E-state index contributed by atoms with van der Waals surface area (Å²) < 4.78 is 7.18. The lowest BCUT2D eigenvalue weighted by molar-refractivity contribution is 0.415. The monoisotopic (exact) mass is 300 g/mol. The second kappa shape index (κ2) is 5.41. The minimum absolute atomic E-state index is 0.660. The third-order valence-corrected chi connectivity index (χ3v) is 4.10. The largest absolute Gasteiger partial charge is 0.497 e. The summed E-state index contributed by atoms with van der Waals surface area (Å²) in [7, 11) is 1.64. The maximum absolute atomic E-state index is 6.40. The van der Waals surface area contributed by atoms with Gasteiger partial charge < -0.3 is 4.74 Å². The van der Waals surface area contributed by atoms with E-state index >= 15 is 0 Å². The van der Waals surface area contributed by atoms with Gasteiger partial charge in [-0.25, -0.2) is 4.52 Å². The lowest BCUT2D eigenvalue weighted by Gasteiger charge is -2.09. The zero-order chi connectivity index (χ0) is 15.0. The molecule has 0 saturated carbocycles. The maximum Gasteiger partial charge on any atom is 0.120 e. The summed E-state index contributed by atoms with van der Waals surface area (Å²) in [5.74, 6) is 0.752. The van der Waals surface area contributed by atoms with Gasteiger partial charge in [-0.2, -0.15) is 5.10 Å². The summed E-state index contributed by atoms with van der Waals surface area (Å²) in [5.41, 5.74) is 5.41. The van der Waals surface area contributed by atoms with Crippen molar-refractivity contribution >= 4 is 17.1 Å². The fourth-order valence-corrected chi connectivity index (χ4v) is 2.87. The van der Waals surface area contributed by atoms with E-state index in [1.54, 1.807) is 7.11 Å². The highest BCUT2D eigenvalue weighted by Gasteiger charge is 2.13. The van der Waals surface area contributed by atoms with Gasteiger partial charge in [-0.1, -0.05) is 24.6 Å². The van der Waals surface area contributed by atoms with Crippen LogP contribution in [-0.2, 0) is 6.42 Å². The Kier molecular flexibility index (Phi) is 3.60. The van der Waals surface area contributed by atoms with Crippen LogP contribution in [0.1, 0.15) is 18.2 Å². The van der Waals surface area contributed by atoms with E-state index in [9.17, 15) is 0 Å². The molecule has 0 spiro atoms. The van der Waals surface area contributed by atoms with Crippen LogP contribution in [0.4, 0.5) is 0 Å². The van der Waals surface area contributed by atoms with Crippen LogP contribution in [0, 0.1) is 6.92 Å². The SMILES string of the molecule is CCc1nn2c(-c3ccc(OC)cc3Cl)cccc2c1C. The minimum Gasteiger partial charge on any atom is -0.497 e. The van der Waals surface area contributed by atoms with Crippen LogP contribution in [0.5, 0.6) is 5.75 Å². The predicted octanol–water partition coefficient (Wildman–Crippen LogP) is 4.53. The fourth-order valence-electron chi connectivity index (χ4n) is 2.61. The van der Waals surface area contributed by atoms with Crippen molar-refractivity contribution in [2.45, 2.75) is 20.3 Å². The standard InChI is InChI=1S/C17H17ClN2O/c1-4-15-11(2)16-6-5-7-17(20(16)19-15)13-9-8-12(21-3)10-14(13)18/h5-10H,4H2,1-3H3. The molecule has 0 aliphatic rings. The van der Waals surface area contributed by atoms with Crippen molar-refractivity contribution in [2.24, 2.45) is 0 Å². The molecule has 0 unspecified atom stereocenters. The number of methoxy groups -OCH3 is 1. The van der Waals surface area contributed by atoms with E-state index in [1.165, 1.54) is 5.56 Å². The summed E-state index contributed by atoms with van der Waals surface area (Å²) in [6, 6.07) is 11.9. The van der Waals surface area contributed by atoms with Gasteiger partial charge >= 0.3 is 0 Å². The molecule has 4 heteroatoms. The van der Waals surface area contributed by atoms with E-state index < -0.39 is 0 Å². The van der Waals surface area contributed by atoms with Gasteiger partial charge in [0.25, 0.3) is 0 Å². The first-order chi connectivity index (χ1) is 10.2. The van der Waals surface area contributed by atoms with Crippen LogP contribution in [-0.4, -0.2) is 16.7 Å². The maximum atomic E-state index is 6.40. The van der Waals surface area contributed by atoms with Crippen molar-refractivity contribution in [3.05, 3.63) is 52.7 Å². The lowest BCUT2D eigenvalue weighted by atomic mass is 10.1. The predicted molar refractivity (Wildman–Crippen MR) is 86.3 cm³/mol. The van der Waals surface area contributed by atoms with E-state index in [2.05, 4.69) is 19.9 Å². The Bertz CT molecular complexity index is 808. The first-order valence-electron chi connectivity index (χ1n) is 6.96. The Morgan fingerprint density at radius 1 is 1.24 bits per heavy atom. The summed E-state index contributed by atoms with van der Waals surface area (Å²) in [4.78, 5) is 0. The molecule has 1 aromatic carbocycles. The number of halogens is 1. The molecular formula is C17H17ClN2O.